The summed E-state index contributed by atoms with van der Waals surface area (Å²) >= 11 is 0. The molecule has 1 aromatic heterocycles. The van der Waals surface area contributed by atoms with Crippen LogP contribution in [0, 0.1) is 26.6 Å². The molecular formula is C16H18FNO2. The minimum atomic E-state index is -0.332. The van der Waals surface area contributed by atoms with E-state index >= 15 is 0 Å². The average Bonchev–Trinajstić information content (AvgIpc) is 2.67. The monoisotopic (exact) mass is 275 g/mol. The first-order chi connectivity index (χ1) is 9.40. The van der Waals surface area contributed by atoms with Crippen molar-refractivity contribution in [3.8, 4) is 5.75 Å². The highest BCUT2D eigenvalue weighted by Crippen LogP contribution is 2.18. The van der Waals surface area contributed by atoms with Gasteiger partial charge >= 0.3 is 0 Å². The Hall–Kier alpha value is -2.10. The summed E-state index contributed by atoms with van der Waals surface area (Å²) in [7, 11) is 1.91. The fourth-order valence-electron chi connectivity index (χ4n) is 2.03. The third-order valence-electron chi connectivity index (χ3n) is 3.59. The molecule has 20 heavy (non-hydrogen) atoms. The molecule has 4 heteroatoms. The molecule has 0 aliphatic carbocycles. The number of benzene rings is 1. The van der Waals surface area contributed by atoms with Gasteiger partial charge < -0.3 is 9.30 Å². The third-order valence-corrected chi connectivity index (χ3v) is 3.59. The second kappa shape index (κ2) is 5.49. The van der Waals surface area contributed by atoms with Crippen LogP contribution in [0.2, 0.25) is 0 Å². The average molecular weight is 275 g/mol. The number of hydrogen-bond donors (Lipinski definition) is 0. The Bertz CT molecular complexity index is 659. The summed E-state index contributed by atoms with van der Waals surface area (Å²) in [6, 6.07) is 6.43. The van der Waals surface area contributed by atoms with Crippen molar-refractivity contribution < 1.29 is 13.9 Å². The van der Waals surface area contributed by atoms with E-state index in [0.29, 0.717) is 16.9 Å². The molecule has 2 aromatic rings. The number of hydrogen-bond acceptors (Lipinski definition) is 2. The maximum Gasteiger partial charge on any atom is 0.202 e. The summed E-state index contributed by atoms with van der Waals surface area (Å²) in [6.45, 7) is 5.43. The number of aryl methyl sites for hydroxylation is 2. The molecule has 0 unspecified atom stereocenters. The Kier molecular flexibility index (Phi) is 3.93. The zero-order valence-corrected chi connectivity index (χ0v) is 12.2. The van der Waals surface area contributed by atoms with Crippen LogP contribution >= 0.6 is 0 Å². The lowest BCUT2D eigenvalue weighted by atomic mass is 10.1. The van der Waals surface area contributed by atoms with Gasteiger partial charge in [0.25, 0.3) is 0 Å². The number of nitrogens with zero attached hydrogens (tertiary/aromatic N) is 1. The minimum absolute atomic E-state index is 0.0905. The van der Waals surface area contributed by atoms with Crippen molar-refractivity contribution in [2.24, 2.45) is 7.05 Å². The van der Waals surface area contributed by atoms with Crippen LogP contribution in [0.25, 0.3) is 0 Å². The number of aromatic nitrogens is 1. The largest absolute Gasteiger partial charge is 0.485 e. The van der Waals surface area contributed by atoms with E-state index in [0.717, 1.165) is 11.4 Å². The number of Topliss-reactive ketones (excluding diaryl/α,β-unsaturated/α-hetero) is 1. The summed E-state index contributed by atoms with van der Waals surface area (Å²) in [6.07, 6.45) is 0. The fraction of sp³-hybridized carbons (Fsp3) is 0.312. The van der Waals surface area contributed by atoms with Crippen LogP contribution in [0.15, 0.2) is 24.3 Å². The summed E-state index contributed by atoms with van der Waals surface area (Å²) in [5, 5.41) is 0. The molecule has 0 fully saturated rings. The first-order valence-corrected chi connectivity index (χ1v) is 6.45. The zero-order chi connectivity index (χ0) is 14.9. The van der Waals surface area contributed by atoms with E-state index in [2.05, 4.69) is 0 Å². The van der Waals surface area contributed by atoms with E-state index in [-0.39, 0.29) is 18.2 Å². The first-order valence-electron chi connectivity index (χ1n) is 6.45. The van der Waals surface area contributed by atoms with Crippen LogP contribution in [0.5, 0.6) is 5.75 Å². The van der Waals surface area contributed by atoms with Gasteiger partial charge in [-0.1, -0.05) is 6.07 Å². The van der Waals surface area contributed by atoms with Crippen LogP contribution in [0.4, 0.5) is 4.39 Å². The second-order valence-corrected chi connectivity index (χ2v) is 4.97. The lowest BCUT2D eigenvalue weighted by molar-refractivity contribution is 0.0920. The molecule has 1 aromatic carbocycles. The van der Waals surface area contributed by atoms with Gasteiger partial charge in [0.1, 0.15) is 11.6 Å². The minimum Gasteiger partial charge on any atom is -0.485 e. The number of carbonyl (C=O) groups is 1. The van der Waals surface area contributed by atoms with Gasteiger partial charge in [0, 0.05) is 30.1 Å². The fourth-order valence-corrected chi connectivity index (χ4v) is 2.03. The molecule has 0 atom stereocenters. The standard InChI is InChI=1S/C16H18FNO2/c1-10-5-6-13(8-15(10)17)20-9-16(19)14-7-11(2)18(4)12(14)3/h5-8H,9H2,1-4H3. The molecule has 3 nitrogen and oxygen atoms in total. The highest BCUT2D eigenvalue weighted by Gasteiger charge is 2.14. The molecule has 106 valence electrons. The van der Waals surface area contributed by atoms with Crippen molar-refractivity contribution in [2.45, 2.75) is 20.8 Å². The summed E-state index contributed by atoms with van der Waals surface area (Å²) in [5.74, 6) is -0.0689. The predicted octanol–water partition coefficient (Wildman–Crippen LogP) is 3.35. The van der Waals surface area contributed by atoms with Gasteiger partial charge in [0.05, 0.1) is 0 Å². The van der Waals surface area contributed by atoms with Gasteiger partial charge in [0.2, 0.25) is 5.78 Å². The first kappa shape index (κ1) is 14.3. The van der Waals surface area contributed by atoms with Crippen LogP contribution in [0.3, 0.4) is 0 Å². The van der Waals surface area contributed by atoms with E-state index in [4.69, 9.17) is 4.74 Å². The highest BCUT2D eigenvalue weighted by molar-refractivity contribution is 5.98. The van der Waals surface area contributed by atoms with Crippen molar-refractivity contribution in [3.63, 3.8) is 0 Å². The lowest BCUT2D eigenvalue weighted by Gasteiger charge is -2.07. The Balaban J connectivity index is 2.08. The zero-order valence-electron chi connectivity index (χ0n) is 12.2. The van der Waals surface area contributed by atoms with Crippen LogP contribution in [0.1, 0.15) is 27.3 Å². The SMILES string of the molecule is Cc1ccc(OCC(=O)c2cc(C)n(C)c2C)cc1F. The number of carbonyl (C=O) groups excluding carboxylic acids is 1. The second-order valence-electron chi connectivity index (χ2n) is 4.97. The van der Waals surface area contributed by atoms with Crippen LogP contribution in [-0.2, 0) is 7.05 Å². The van der Waals surface area contributed by atoms with Crippen molar-refractivity contribution in [1.29, 1.82) is 0 Å². The summed E-state index contributed by atoms with van der Waals surface area (Å²) < 4.78 is 20.7. The molecule has 0 aliphatic heterocycles. The molecule has 0 amide bonds. The van der Waals surface area contributed by atoms with E-state index in [9.17, 15) is 9.18 Å². The van der Waals surface area contributed by atoms with Gasteiger partial charge in [-0.05, 0) is 38.5 Å². The number of halogens is 1. The van der Waals surface area contributed by atoms with Crippen LogP contribution in [-0.4, -0.2) is 17.0 Å². The quantitative estimate of drug-likeness (QED) is 0.801. The molecule has 0 spiro atoms. The lowest BCUT2D eigenvalue weighted by Crippen LogP contribution is -2.12. The molecule has 0 N–H and O–H groups in total. The van der Waals surface area contributed by atoms with E-state index in [1.54, 1.807) is 19.1 Å². The van der Waals surface area contributed by atoms with E-state index in [1.807, 2.05) is 31.5 Å². The molecule has 0 saturated carbocycles. The Morgan fingerprint density at radius 1 is 1.25 bits per heavy atom. The topological polar surface area (TPSA) is 31.2 Å². The normalized spacial score (nSPS) is 10.7. The maximum atomic E-state index is 13.4. The Morgan fingerprint density at radius 3 is 2.50 bits per heavy atom. The smallest absolute Gasteiger partial charge is 0.202 e. The molecule has 2 rings (SSSR count). The maximum absolute atomic E-state index is 13.4. The Morgan fingerprint density at radius 2 is 1.95 bits per heavy atom. The molecule has 0 aliphatic rings. The third kappa shape index (κ3) is 2.74. The number of ether oxygens (including phenoxy) is 1. The molecule has 0 radical (unpaired) electrons. The summed E-state index contributed by atoms with van der Waals surface area (Å²) in [4.78, 5) is 12.1. The summed E-state index contributed by atoms with van der Waals surface area (Å²) in [5.41, 5.74) is 3.13. The van der Waals surface area contributed by atoms with Crippen molar-refractivity contribution in [2.75, 3.05) is 6.61 Å². The van der Waals surface area contributed by atoms with Gasteiger partial charge in [-0.2, -0.15) is 0 Å². The molecule has 1 heterocycles. The van der Waals surface area contributed by atoms with Gasteiger partial charge in [0.15, 0.2) is 6.61 Å². The predicted molar refractivity (Wildman–Crippen MR) is 75.8 cm³/mol. The van der Waals surface area contributed by atoms with Crippen molar-refractivity contribution in [3.05, 3.63) is 52.6 Å². The van der Waals surface area contributed by atoms with Crippen molar-refractivity contribution >= 4 is 5.78 Å². The van der Waals surface area contributed by atoms with E-state index < -0.39 is 0 Å². The van der Waals surface area contributed by atoms with Gasteiger partial charge in [-0.15, -0.1) is 0 Å². The van der Waals surface area contributed by atoms with Crippen molar-refractivity contribution in [1.82, 2.24) is 4.57 Å². The Labute approximate surface area is 118 Å². The highest BCUT2D eigenvalue weighted by atomic mass is 19.1. The molecule has 0 saturated heterocycles. The molecular weight excluding hydrogens is 257 g/mol. The number of ketones is 1. The van der Waals surface area contributed by atoms with E-state index in [1.165, 1.54) is 6.07 Å². The number of rotatable bonds is 4. The molecule has 0 bridgehead atoms. The van der Waals surface area contributed by atoms with Gasteiger partial charge in [-0.25, -0.2) is 4.39 Å². The van der Waals surface area contributed by atoms with Crippen LogP contribution < -0.4 is 4.74 Å². The van der Waals surface area contributed by atoms with Gasteiger partial charge in [-0.3, -0.25) is 4.79 Å².